The molecule has 16 heavy (non-hydrogen) atoms. The van der Waals surface area contributed by atoms with E-state index in [9.17, 15) is 4.79 Å². The Labute approximate surface area is 108 Å². The third kappa shape index (κ3) is 4.39. The van der Waals surface area contributed by atoms with Gasteiger partial charge in [0.15, 0.2) is 0 Å². The quantitative estimate of drug-likeness (QED) is 0.812. The Bertz CT molecular complexity index is 330. The van der Waals surface area contributed by atoms with Crippen LogP contribution in [-0.4, -0.2) is 28.4 Å². The van der Waals surface area contributed by atoms with E-state index in [4.69, 9.17) is 5.11 Å². The molecule has 0 bridgehead atoms. The fraction of sp³-hybridized carbons (Fsp3) is 0.462. The van der Waals surface area contributed by atoms with Gasteiger partial charge in [-0.05, 0) is 30.4 Å². The van der Waals surface area contributed by atoms with E-state index >= 15 is 0 Å². The van der Waals surface area contributed by atoms with Crippen LogP contribution in [-0.2, 0) is 11.2 Å². The van der Waals surface area contributed by atoms with Crippen LogP contribution in [0.5, 0.6) is 0 Å². The molecule has 0 saturated carbocycles. The molecule has 2 nitrogen and oxygen atoms in total. The predicted molar refractivity (Wildman–Crippen MR) is 66.8 cm³/mol. The van der Waals surface area contributed by atoms with Gasteiger partial charge in [0, 0.05) is 0 Å². The van der Waals surface area contributed by atoms with E-state index < -0.39 is 11.9 Å². The molecule has 0 radical (unpaired) electrons. The molecule has 0 amide bonds. The fourth-order valence-corrected chi connectivity index (χ4v) is 1.56. The van der Waals surface area contributed by atoms with Gasteiger partial charge in [-0.3, -0.25) is 4.79 Å². The third-order valence-corrected chi connectivity index (χ3v) is 2.49. The van der Waals surface area contributed by atoms with Crippen molar-refractivity contribution >= 4 is 23.3 Å². The van der Waals surface area contributed by atoms with Crippen molar-refractivity contribution in [2.24, 2.45) is 5.92 Å². The van der Waals surface area contributed by atoms with Gasteiger partial charge in [0.1, 0.15) is 0 Å². The van der Waals surface area contributed by atoms with Crippen molar-refractivity contribution in [2.75, 3.05) is 0 Å². The summed E-state index contributed by atoms with van der Waals surface area (Å²) in [6.07, 6.45) is 1.04. The molecule has 3 heteroatoms. The average molecular weight is 233 g/mol. The average Bonchev–Trinajstić information content (AvgIpc) is 2.17. The summed E-state index contributed by atoms with van der Waals surface area (Å²) in [7, 11) is 0. The van der Waals surface area contributed by atoms with Gasteiger partial charge >= 0.3 is 23.3 Å². The summed E-state index contributed by atoms with van der Waals surface area (Å²) < 4.78 is 0. The van der Waals surface area contributed by atoms with Crippen molar-refractivity contribution in [1.29, 1.82) is 0 Å². The second-order valence-electron chi connectivity index (χ2n) is 4.40. The molecule has 1 aromatic rings. The topological polar surface area (TPSA) is 37.3 Å². The van der Waals surface area contributed by atoms with Crippen LogP contribution in [0.1, 0.15) is 37.8 Å². The van der Waals surface area contributed by atoms with Gasteiger partial charge in [-0.25, -0.2) is 0 Å². The van der Waals surface area contributed by atoms with Gasteiger partial charge in [-0.15, -0.1) is 0 Å². The molecule has 0 aliphatic rings. The Morgan fingerprint density at radius 3 is 2.06 bits per heavy atom. The molecule has 82 valence electrons. The van der Waals surface area contributed by atoms with Crippen LogP contribution in [0.4, 0.5) is 0 Å². The molecular weight excluding hydrogens is 215 g/mol. The van der Waals surface area contributed by atoms with E-state index in [1.807, 2.05) is 24.3 Å². The summed E-state index contributed by atoms with van der Waals surface area (Å²) in [5.74, 6) is -0.558. The Hall–Kier alpha value is -0.778. The molecule has 0 aromatic heterocycles. The number of hydrogen-bond donors (Lipinski definition) is 1. The minimum Gasteiger partial charge on any atom is -0.481 e. The normalized spacial score (nSPS) is 12.0. The standard InChI is InChI=1S/C13H18O2.Al/c1-9(2)8-11-4-6-12(7-5-11)10(3)13(14)15;/h4-7,9-10H,8H2,1-3H3,(H,14,15);/q;+3. The summed E-state index contributed by atoms with van der Waals surface area (Å²) in [4.78, 5) is 10.8. The van der Waals surface area contributed by atoms with Gasteiger partial charge < -0.3 is 5.11 Å². The van der Waals surface area contributed by atoms with E-state index in [-0.39, 0.29) is 17.4 Å². The predicted octanol–water partition coefficient (Wildman–Crippen LogP) is 2.69. The first-order chi connectivity index (χ1) is 7.00. The smallest absolute Gasteiger partial charge is 0.481 e. The zero-order chi connectivity index (χ0) is 11.4. The van der Waals surface area contributed by atoms with Crippen LogP contribution in [0, 0.1) is 5.92 Å². The molecule has 0 aliphatic carbocycles. The number of benzene rings is 1. The molecule has 0 aliphatic heterocycles. The fourth-order valence-electron chi connectivity index (χ4n) is 1.56. The van der Waals surface area contributed by atoms with Crippen molar-refractivity contribution in [3.8, 4) is 0 Å². The van der Waals surface area contributed by atoms with Gasteiger partial charge in [0.05, 0.1) is 5.92 Å². The van der Waals surface area contributed by atoms with E-state index in [1.165, 1.54) is 5.56 Å². The van der Waals surface area contributed by atoms with Crippen LogP contribution in [0.2, 0.25) is 0 Å². The maximum atomic E-state index is 10.8. The summed E-state index contributed by atoms with van der Waals surface area (Å²) in [5, 5.41) is 8.85. The van der Waals surface area contributed by atoms with Crippen LogP contribution in [0.15, 0.2) is 24.3 Å². The first-order valence-corrected chi connectivity index (χ1v) is 5.32. The number of rotatable bonds is 4. The Morgan fingerprint density at radius 2 is 1.69 bits per heavy atom. The molecule has 1 aromatic carbocycles. The molecule has 0 saturated heterocycles. The van der Waals surface area contributed by atoms with Crippen LogP contribution >= 0.6 is 0 Å². The van der Waals surface area contributed by atoms with Crippen molar-refractivity contribution in [2.45, 2.75) is 33.1 Å². The number of hydrogen-bond acceptors (Lipinski definition) is 1. The summed E-state index contributed by atoms with van der Waals surface area (Å²) >= 11 is 0. The molecule has 0 spiro atoms. The number of carbonyl (C=O) groups is 1. The Kier molecular flexibility index (Phi) is 6.40. The van der Waals surface area contributed by atoms with Gasteiger partial charge in [0.25, 0.3) is 0 Å². The SMILES string of the molecule is CC(C)Cc1ccc(C(C)C(=O)O)cc1.[Al+3]. The zero-order valence-electron chi connectivity index (χ0n) is 10.1. The molecule has 1 unspecified atom stereocenters. The number of carboxylic acids is 1. The minimum absolute atomic E-state index is 0. The number of aliphatic carboxylic acids is 1. The number of carboxylic acid groups (broad SMARTS) is 1. The molecule has 1 N–H and O–H groups in total. The third-order valence-electron chi connectivity index (χ3n) is 2.49. The largest absolute Gasteiger partial charge is 3.00 e. The van der Waals surface area contributed by atoms with Gasteiger partial charge in [-0.2, -0.15) is 0 Å². The molecule has 0 heterocycles. The monoisotopic (exact) mass is 233 g/mol. The van der Waals surface area contributed by atoms with Crippen molar-refractivity contribution < 1.29 is 9.90 Å². The van der Waals surface area contributed by atoms with Crippen molar-refractivity contribution in [3.63, 3.8) is 0 Å². The summed E-state index contributed by atoms with van der Waals surface area (Å²) in [5.41, 5.74) is 2.14. The Morgan fingerprint density at radius 1 is 1.19 bits per heavy atom. The second kappa shape index (κ2) is 6.73. The van der Waals surface area contributed by atoms with Crippen molar-refractivity contribution in [3.05, 3.63) is 35.4 Å². The van der Waals surface area contributed by atoms with Crippen LogP contribution < -0.4 is 0 Å². The molecule has 0 fully saturated rings. The Balaban J connectivity index is 0.00000225. The maximum absolute atomic E-state index is 10.8. The van der Waals surface area contributed by atoms with Gasteiger partial charge in [-0.1, -0.05) is 38.1 Å². The van der Waals surface area contributed by atoms with E-state index in [0.717, 1.165) is 12.0 Å². The summed E-state index contributed by atoms with van der Waals surface area (Å²) in [6, 6.07) is 7.87. The molecular formula is C13H18AlO2+3. The maximum Gasteiger partial charge on any atom is 3.00 e. The van der Waals surface area contributed by atoms with E-state index in [2.05, 4.69) is 13.8 Å². The van der Waals surface area contributed by atoms with Gasteiger partial charge in [0.2, 0.25) is 0 Å². The minimum atomic E-state index is -0.772. The second-order valence-corrected chi connectivity index (χ2v) is 4.40. The molecule has 1 atom stereocenters. The first kappa shape index (κ1) is 15.2. The molecule has 1 rings (SSSR count). The zero-order valence-corrected chi connectivity index (χ0v) is 11.3. The van der Waals surface area contributed by atoms with Crippen molar-refractivity contribution in [1.82, 2.24) is 0 Å². The first-order valence-electron chi connectivity index (χ1n) is 5.32. The van der Waals surface area contributed by atoms with E-state index in [0.29, 0.717) is 5.92 Å². The van der Waals surface area contributed by atoms with Crippen LogP contribution in [0.3, 0.4) is 0 Å². The van der Waals surface area contributed by atoms with E-state index in [1.54, 1.807) is 6.92 Å². The summed E-state index contributed by atoms with van der Waals surface area (Å²) in [6.45, 7) is 6.06. The van der Waals surface area contributed by atoms with Crippen LogP contribution in [0.25, 0.3) is 0 Å².